The molecule has 0 aromatic rings. The molecule has 100 valence electrons. The van der Waals surface area contributed by atoms with Gasteiger partial charge in [0.15, 0.2) is 0 Å². The van der Waals surface area contributed by atoms with Gasteiger partial charge in [-0.15, -0.1) is 0 Å². The molecule has 2 nitrogen and oxygen atoms in total. The Kier molecular flexibility index (Phi) is 3.98. The van der Waals surface area contributed by atoms with Gasteiger partial charge in [0.05, 0.1) is 5.92 Å². The molecule has 1 heterocycles. The van der Waals surface area contributed by atoms with Crippen LogP contribution in [0, 0.1) is 5.92 Å². The second kappa shape index (κ2) is 5.14. The number of nitrogens with two attached hydrogens (primary N) is 1. The van der Waals surface area contributed by atoms with E-state index in [1.54, 1.807) is 0 Å². The molecular formula is C12H21F3N2. The fraction of sp³-hybridized carbons (Fsp3) is 1.00. The van der Waals surface area contributed by atoms with E-state index in [0.717, 1.165) is 25.7 Å². The van der Waals surface area contributed by atoms with Crippen molar-refractivity contribution in [3.05, 3.63) is 0 Å². The van der Waals surface area contributed by atoms with Gasteiger partial charge in [-0.3, -0.25) is 4.90 Å². The number of rotatable bonds is 1. The third-order valence-electron chi connectivity index (χ3n) is 4.24. The highest BCUT2D eigenvalue weighted by molar-refractivity contribution is 4.89. The van der Waals surface area contributed by atoms with Gasteiger partial charge in [-0.25, -0.2) is 0 Å². The number of hydrogen-bond donors (Lipinski definition) is 1. The first-order valence-electron chi connectivity index (χ1n) is 6.55. The fourth-order valence-electron chi connectivity index (χ4n) is 3.15. The van der Waals surface area contributed by atoms with Crippen LogP contribution in [0.15, 0.2) is 0 Å². The maximum absolute atomic E-state index is 12.5. The fourth-order valence-corrected chi connectivity index (χ4v) is 3.15. The predicted octanol–water partition coefficient (Wildman–Crippen LogP) is 2.53. The summed E-state index contributed by atoms with van der Waals surface area (Å²) < 4.78 is 37.6. The van der Waals surface area contributed by atoms with Gasteiger partial charge in [-0.05, 0) is 38.8 Å². The zero-order valence-corrected chi connectivity index (χ0v) is 10.0. The van der Waals surface area contributed by atoms with Crippen molar-refractivity contribution >= 4 is 0 Å². The van der Waals surface area contributed by atoms with Gasteiger partial charge in [0.1, 0.15) is 0 Å². The minimum absolute atomic E-state index is 0.159. The highest BCUT2D eigenvalue weighted by atomic mass is 19.4. The van der Waals surface area contributed by atoms with Crippen LogP contribution in [-0.4, -0.2) is 36.2 Å². The van der Waals surface area contributed by atoms with E-state index < -0.39 is 12.1 Å². The van der Waals surface area contributed by atoms with Crippen molar-refractivity contribution in [3.63, 3.8) is 0 Å². The van der Waals surface area contributed by atoms with Gasteiger partial charge in [0, 0.05) is 12.1 Å². The van der Waals surface area contributed by atoms with Crippen LogP contribution in [0.4, 0.5) is 13.2 Å². The maximum Gasteiger partial charge on any atom is 0.391 e. The van der Waals surface area contributed by atoms with Crippen molar-refractivity contribution < 1.29 is 13.2 Å². The van der Waals surface area contributed by atoms with E-state index >= 15 is 0 Å². The normalized spacial score (nSPS) is 33.9. The molecule has 0 amide bonds. The Bertz CT molecular complexity index is 247. The minimum atomic E-state index is -4.01. The van der Waals surface area contributed by atoms with E-state index in [0.29, 0.717) is 19.1 Å². The summed E-state index contributed by atoms with van der Waals surface area (Å²) in [5, 5.41) is 0. The quantitative estimate of drug-likeness (QED) is 0.775. The molecule has 0 aromatic heterocycles. The summed E-state index contributed by atoms with van der Waals surface area (Å²) in [6, 6.07) is 0.476. The van der Waals surface area contributed by atoms with Crippen LogP contribution in [0.5, 0.6) is 0 Å². The number of nitrogens with zero attached hydrogens (tertiary/aromatic N) is 1. The number of hydrogen-bond acceptors (Lipinski definition) is 2. The summed E-state index contributed by atoms with van der Waals surface area (Å²) in [7, 11) is 0. The topological polar surface area (TPSA) is 29.3 Å². The van der Waals surface area contributed by atoms with Crippen molar-refractivity contribution in [2.75, 3.05) is 13.1 Å². The molecule has 2 fully saturated rings. The molecule has 2 rings (SSSR count). The van der Waals surface area contributed by atoms with E-state index in [1.807, 2.05) is 0 Å². The standard InChI is InChI=1S/C12H21F3N2/c13-12(14,15)9-5-7-17(8-6-9)11-4-2-1-3-10(11)16/h9-11H,1-8,16H2. The smallest absolute Gasteiger partial charge is 0.326 e. The molecule has 0 radical (unpaired) electrons. The lowest BCUT2D eigenvalue weighted by atomic mass is 9.87. The maximum atomic E-state index is 12.5. The van der Waals surface area contributed by atoms with E-state index in [-0.39, 0.29) is 18.9 Å². The molecule has 5 heteroatoms. The summed E-state index contributed by atoms with van der Waals surface area (Å²) in [6.45, 7) is 1.12. The first-order chi connectivity index (χ1) is 7.98. The second-order valence-corrected chi connectivity index (χ2v) is 5.37. The number of piperidine rings is 1. The zero-order chi connectivity index (χ0) is 12.5. The Morgan fingerprint density at radius 1 is 0.941 bits per heavy atom. The number of likely N-dealkylation sites (tertiary alicyclic amines) is 1. The van der Waals surface area contributed by atoms with E-state index in [2.05, 4.69) is 4.90 Å². The molecular weight excluding hydrogens is 229 g/mol. The Labute approximate surface area is 100 Å². The lowest BCUT2D eigenvalue weighted by molar-refractivity contribution is -0.186. The zero-order valence-electron chi connectivity index (χ0n) is 10.0. The highest BCUT2D eigenvalue weighted by Crippen LogP contribution is 2.35. The molecule has 2 aliphatic rings. The third-order valence-corrected chi connectivity index (χ3v) is 4.24. The Morgan fingerprint density at radius 2 is 1.53 bits per heavy atom. The average Bonchev–Trinajstić information content (AvgIpc) is 2.29. The van der Waals surface area contributed by atoms with Crippen molar-refractivity contribution in [1.82, 2.24) is 4.90 Å². The van der Waals surface area contributed by atoms with E-state index in [9.17, 15) is 13.2 Å². The molecule has 2 atom stereocenters. The molecule has 2 unspecified atom stereocenters. The predicted molar refractivity (Wildman–Crippen MR) is 60.6 cm³/mol. The van der Waals surface area contributed by atoms with Crippen LogP contribution < -0.4 is 5.73 Å². The van der Waals surface area contributed by atoms with Crippen LogP contribution in [0.1, 0.15) is 38.5 Å². The Balaban J connectivity index is 1.86. The molecule has 17 heavy (non-hydrogen) atoms. The lowest BCUT2D eigenvalue weighted by Crippen LogP contribution is -2.53. The molecule has 0 bridgehead atoms. The molecule has 0 spiro atoms. The molecule has 2 N–H and O–H groups in total. The largest absolute Gasteiger partial charge is 0.391 e. The van der Waals surface area contributed by atoms with E-state index in [1.165, 1.54) is 0 Å². The van der Waals surface area contributed by atoms with Crippen molar-refractivity contribution in [3.8, 4) is 0 Å². The first kappa shape index (κ1) is 13.1. The summed E-state index contributed by atoms with van der Waals surface area (Å²) in [4.78, 5) is 2.19. The average molecular weight is 250 g/mol. The molecule has 1 aliphatic carbocycles. The van der Waals surface area contributed by atoms with Gasteiger partial charge in [-0.1, -0.05) is 12.8 Å². The Hall–Kier alpha value is -0.290. The Morgan fingerprint density at radius 3 is 2.06 bits per heavy atom. The molecule has 0 aromatic carbocycles. The van der Waals surface area contributed by atoms with Crippen LogP contribution >= 0.6 is 0 Å². The highest BCUT2D eigenvalue weighted by Gasteiger charge is 2.42. The lowest BCUT2D eigenvalue weighted by Gasteiger charge is -2.42. The summed E-state index contributed by atoms with van der Waals surface area (Å²) in [6.07, 6.45) is 0.871. The third kappa shape index (κ3) is 3.13. The van der Waals surface area contributed by atoms with Crippen molar-refractivity contribution in [1.29, 1.82) is 0 Å². The van der Waals surface area contributed by atoms with E-state index in [4.69, 9.17) is 5.73 Å². The molecule has 1 saturated heterocycles. The van der Waals surface area contributed by atoms with Gasteiger partial charge in [-0.2, -0.15) is 13.2 Å². The van der Waals surface area contributed by atoms with Crippen LogP contribution in [-0.2, 0) is 0 Å². The monoisotopic (exact) mass is 250 g/mol. The van der Waals surface area contributed by atoms with Crippen molar-refractivity contribution in [2.24, 2.45) is 11.7 Å². The summed E-state index contributed by atoms with van der Waals surface area (Å²) in [5.41, 5.74) is 6.07. The van der Waals surface area contributed by atoms with Crippen molar-refractivity contribution in [2.45, 2.75) is 56.8 Å². The molecule has 1 aliphatic heterocycles. The van der Waals surface area contributed by atoms with Gasteiger partial charge < -0.3 is 5.73 Å². The second-order valence-electron chi connectivity index (χ2n) is 5.37. The van der Waals surface area contributed by atoms with Gasteiger partial charge in [0.2, 0.25) is 0 Å². The first-order valence-corrected chi connectivity index (χ1v) is 6.55. The van der Waals surface area contributed by atoms with Gasteiger partial charge in [0.25, 0.3) is 0 Å². The van der Waals surface area contributed by atoms with Crippen LogP contribution in [0.3, 0.4) is 0 Å². The molecule has 1 saturated carbocycles. The minimum Gasteiger partial charge on any atom is -0.326 e. The van der Waals surface area contributed by atoms with Gasteiger partial charge >= 0.3 is 6.18 Å². The number of alkyl halides is 3. The van der Waals surface area contributed by atoms with Crippen LogP contribution in [0.25, 0.3) is 0 Å². The summed E-state index contributed by atoms with van der Waals surface area (Å²) >= 11 is 0. The summed E-state index contributed by atoms with van der Waals surface area (Å²) in [5.74, 6) is -1.10. The number of halogens is 3. The van der Waals surface area contributed by atoms with Crippen LogP contribution in [0.2, 0.25) is 0 Å². The SMILES string of the molecule is NC1CCCCC1N1CCC(C(F)(F)F)CC1.